The first-order chi connectivity index (χ1) is 8.74. The van der Waals surface area contributed by atoms with Gasteiger partial charge < -0.3 is 14.6 Å². The first-order valence-corrected chi connectivity index (χ1v) is 6.36. The van der Waals surface area contributed by atoms with E-state index in [9.17, 15) is 14.3 Å². The Morgan fingerprint density at radius 3 is 2.42 bits per heavy atom. The van der Waals surface area contributed by atoms with Crippen molar-refractivity contribution in [2.75, 3.05) is 14.2 Å². The minimum Gasteiger partial charge on any atom is -0.493 e. The molecule has 0 saturated heterocycles. The molecule has 0 bridgehead atoms. The number of hydrogen-bond acceptors (Lipinski definition) is 3. The van der Waals surface area contributed by atoms with Crippen LogP contribution < -0.4 is 9.47 Å². The van der Waals surface area contributed by atoms with Crippen molar-refractivity contribution < 1.29 is 23.8 Å². The maximum Gasteiger partial charge on any atom is 0.309 e. The van der Waals surface area contributed by atoms with Gasteiger partial charge in [0.05, 0.1) is 24.1 Å². The number of benzene rings is 1. The van der Waals surface area contributed by atoms with Gasteiger partial charge in [0.1, 0.15) is 5.82 Å². The van der Waals surface area contributed by atoms with Gasteiger partial charge in [-0.3, -0.25) is 4.79 Å². The predicted molar refractivity (Wildman–Crippen MR) is 72.3 cm³/mol. The standard InChI is InChI=1S/C13H16BrFO4/c1-13(2,12(16)17)6-7-10(14)8(15)5-9(18-3)11(7)19-4/h5H,6H2,1-4H3,(H,16,17). The molecule has 0 saturated carbocycles. The van der Waals surface area contributed by atoms with Crippen LogP contribution >= 0.6 is 15.9 Å². The van der Waals surface area contributed by atoms with Gasteiger partial charge in [-0.2, -0.15) is 0 Å². The minimum absolute atomic E-state index is 0.111. The second-order valence-electron chi connectivity index (χ2n) is 4.75. The number of ether oxygens (including phenoxy) is 2. The van der Waals surface area contributed by atoms with E-state index in [-0.39, 0.29) is 16.6 Å². The van der Waals surface area contributed by atoms with Gasteiger partial charge in [-0.05, 0) is 36.2 Å². The lowest BCUT2D eigenvalue weighted by atomic mass is 9.85. The molecule has 6 heteroatoms. The fraction of sp³-hybridized carbons (Fsp3) is 0.462. The average molecular weight is 335 g/mol. The molecule has 0 aliphatic rings. The highest BCUT2D eigenvalue weighted by molar-refractivity contribution is 9.10. The van der Waals surface area contributed by atoms with Gasteiger partial charge in [0, 0.05) is 11.6 Å². The van der Waals surface area contributed by atoms with Gasteiger partial charge >= 0.3 is 5.97 Å². The Morgan fingerprint density at radius 2 is 2.00 bits per heavy atom. The summed E-state index contributed by atoms with van der Waals surface area (Å²) < 4.78 is 24.3. The number of carboxylic acid groups (broad SMARTS) is 1. The van der Waals surface area contributed by atoms with E-state index in [2.05, 4.69) is 15.9 Å². The molecule has 4 nitrogen and oxygen atoms in total. The molecule has 1 aromatic carbocycles. The zero-order chi connectivity index (χ0) is 14.8. The smallest absolute Gasteiger partial charge is 0.309 e. The molecule has 0 amide bonds. The summed E-state index contributed by atoms with van der Waals surface area (Å²) in [6.45, 7) is 3.14. The van der Waals surface area contributed by atoms with E-state index in [0.717, 1.165) is 0 Å². The summed E-state index contributed by atoms with van der Waals surface area (Å²) in [6, 6.07) is 1.19. The highest BCUT2D eigenvalue weighted by Gasteiger charge is 2.31. The predicted octanol–water partition coefficient (Wildman–Crippen LogP) is 3.26. The zero-order valence-electron chi connectivity index (χ0n) is 11.2. The largest absolute Gasteiger partial charge is 0.493 e. The third-order valence-corrected chi connectivity index (χ3v) is 3.71. The van der Waals surface area contributed by atoms with Crippen LogP contribution in [0.5, 0.6) is 11.5 Å². The number of aliphatic carboxylic acids is 1. The van der Waals surface area contributed by atoms with Gasteiger partial charge in [-0.1, -0.05) is 0 Å². The third-order valence-electron chi connectivity index (χ3n) is 2.85. The summed E-state index contributed by atoms with van der Waals surface area (Å²) in [5, 5.41) is 9.17. The Bertz CT molecular complexity index is 500. The fourth-order valence-corrected chi connectivity index (χ4v) is 2.12. The van der Waals surface area contributed by atoms with Crippen LogP contribution in [0.1, 0.15) is 19.4 Å². The molecule has 0 heterocycles. The van der Waals surface area contributed by atoms with Crippen molar-refractivity contribution in [1.29, 1.82) is 0 Å². The van der Waals surface area contributed by atoms with Crippen LogP contribution in [0.2, 0.25) is 0 Å². The molecule has 1 N–H and O–H groups in total. The molecule has 0 spiro atoms. The highest BCUT2D eigenvalue weighted by atomic mass is 79.9. The number of methoxy groups -OCH3 is 2. The summed E-state index contributed by atoms with van der Waals surface area (Å²) in [6.07, 6.45) is 0.111. The lowest BCUT2D eigenvalue weighted by Gasteiger charge is -2.22. The maximum atomic E-state index is 13.8. The molecule has 106 valence electrons. The summed E-state index contributed by atoms with van der Waals surface area (Å²) in [4.78, 5) is 11.2. The van der Waals surface area contributed by atoms with Crippen molar-refractivity contribution in [3.05, 3.63) is 21.9 Å². The van der Waals surface area contributed by atoms with Gasteiger partial charge in [-0.25, -0.2) is 4.39 Å². The number of carboxylic acids is 1. The van der Waals surface area contributed by atoms with Crippen LogP contribution in [0.3, 0.4) is 0 Å². The Labute approximate surface area is 119 Å². The van der Waals surface area contributed by atoms with Crippen molar-refractivity contribution in [3.63, 3.8) is 0 Å². The molecule has 0 aromatic heterocycles. The zero-order valence-corrected chi connectivity index (χ0v) is 12.8. The van der Waals surface area contributed by atoms with E-state index < -0.39 is 17.2 Å². The first kappa shape index (κ1) is 15.8. The lowest BCUT2D eigenvalue weighted by Crippen LogP contribution is -2.26. The van der Waals surface area contributed by atoms with E-state index in [1.54, 1.807) is 13.8 Å². The van der Waals surface area contributed by atoms with Crippen molar-refractivity contribution in [2.45, 2.75) is 20.3 Å². The topological polar surface area (TPSA) is 55.8 Å². The van der Waals surface area contributed by atoms with E-state index in [1.165, 1.54) is 20.3 Å². The Hall–Kier alpha value is -1.30. The lowest BCUT2D eigenvalue weighted by molar-refractivity contribution is -0.146. The first-order valence-electron chi connectivity index (χ1n) is 5.56. The summed E-state index contributed by atoms with van der Waals surface area (Å²) in [5.41, 5.74) is -0.610. The van der Waals surface area contributed by atoms with E-state index >= 15 is 0 Å². The van der Waals surface area contributed by atoms with Gasteiger partial charge in [-0.15, -0.1) is 0 Å². The summed E-state index contributed by atoms with van der Waals surface area (Å²) in [7, 11) is 2.83. The monoisotopic (exact) mass is 334 g/mol. The molecule has 0 aliphatic heterocycles. The quantitative estimate of drug-likeness (QED) is 0.897. The molecular formula is C13H16BrFO4. The molecule has 19 heavy (non-hydrogen) atoms. The average Bonchev–Trinajstić information content (AvgIpc) is 2.34. The number of carbonyl (C=O) groups is 1. The van der Waals surface area contributed by atoms with Crippen molar-refractivity contribution in [2.24, 2.45) is 5.41 Å². The van der Waals surface area contributed by atoms with Gasteiger partial charge in [0.25, 0.3) is 0 Å². The SMILES string of the molecule is COc1cc(F)c(Br)c(CC(C)(C)C(=O)O)c1OC. The van der Waals surface area contributed by atoms with Crippen molar-refractivity contribution >= 4 is 21.9 Å². The Balaban J connectivity index is 3.40. The fourth-order valence-electron chi connectivity index (χ4n) is 1.69. The Kier molecular flexibility index (Phi) is 4.79. The number of rotatable bonds is 5. The molecule has 1 aromatic rings. The van der Waals surface area contributed by atoms with E-state index in [0.29, 0.717) is 11.3 Å². The summed E-state index contributed by atoms with van der Waals surface area (Å²) in [5.74, 6) is -0.914. The summed E-state index contributed by atoms with van der Waals surface area (Å²) >= 11 is 3.13. The number of hydrogen-bond donors (Lipinski definition) is 1. The molecule has 0 aliphatic carbocycles. The minimum atomic E-state index is -1.05. The molecular weight excluding hydrogens is 319 g/mol. The second-order valence-corrected chi connectivity index (χ2v) is 5.55. The van der Waals surface area contributed by atoms with Gasteiger partial charge in [0.2, 0.25) is 0 Å². The molecule has 0 fully saturated rings. The Morgan fingerprint density at radius 1 is 1.42 bits per heavy atom. The van der Waals surface area contributed by atoms with Crippen LogP contribution in [0, 0.1) is 11.2 Å². The number of halogens is 2. The third kappa shape index (κ3) is 3.18. The molecule has 0 unspecified atom stereocenters. The van der Waals surface area contributed by atoms with E-state index in [1.807, 2.05) is 0 Å². The normalized spacial score (nSPS) is 11.3. The van der Waals surface area contributed by atoms with Crippen molar-refractivity contribution in [1.82, 2.24) is 0 Å². The van der Waals surface area contributed by atoms with Crippen molar-refractivity contribution in [3.8, 4) is 11.5 Å². The van der Waals surface area contributed by atoms with Crippen LogP contribution in [0.25, 0.3) is 0 Å². The molecule has 0 radical (unpaired) electrons. The van der Waals surface area contributed by atoms with E-state index in [4.69, 9.17) is 9.47 Å². The molecule has 0 atom stereocenters. The van der Waals surface area contributed by atoms with Crippen LogP contribution in [0.4, 0.5) is 4.39 Å². The molecule has 1 rings (SSSR count). The maximum absolute atomic E-state index is 13.8. The van der Waals surface area contributed by atoms with Gasteiger partial charge in [0.15, 0.2) is 11.5 Å². The van der Waals surface area contributed by atoms with Crippen LogP contribution in [0.15, 0.2) is 10.5 Å². The highest BCUT2D eigenvalue weighted by Crippen LogP contribution is 2.41. The van der Waals surface area contributed by atoms with Crippen LogP contribution in [-0.2, 0) is 11.2 Å². The second kappa shape index (κ2) is 5.77. The van der Waals surface area contributed by atoms with Crippen LogP contribution in [-0.4, -0.2) is 25.3 Å².